The summed E-state index contributed by atoms with van der Waals surface area (Å²) < 4.78 is 22.5. The minimum Gasteiger partial charge on any atom is -0.383 e. The molecule has 1 atom stereocenters. The van der Waals surface area contributed by atoms with Gasteiger partial charge in [-0.3, -0.25) is 14.2 Å². The third kappa shape index (κ3) is 4.44. The van der Waals surface area contributed by atoms with Crippen LogP contribution >= 0.6 is 0 Å². The summed E-state index contributed by atoms with van der Waals surface area (Å²) in [5.74, 6) is 0.121. The number of nitrogens with zero attached hydrogens (tertiary/aromatic N) is 4. The summed E-state index contributed by atoms with van der Waals surface area (Å²) >= 11 is 0. The molecule has 0 bridgehead atoms. The topological polar surface area (TPSA) is 86.0 Å². The van der Waals surface area contributed by atoms with Crippen LogP contribution in [0.1, 0.15) is 25.8 Å². The molecule has 2 N–H and O–H groups in total. The van der Waals surface area contributed by atoms with E-state index in [-0.39, 0.29) is 23.5 Å². The molecule has 0 amide bonds. The van der Waals surface area contributed by atoms with Crippen LogP contribution in [0.25, 0.3) is 22.5 Å². The number of hydrogen-bond acceptors (Lipinski definition) is 6. The lowest BCUT2D eigenvalue weighted by molar-refractivity contribution is 0.190. The molecule has 3 aromatic rings. The number of halogens is 1. The summed E-state index contributed by atoms with van der Waals surface area (Å²) in [5.41, 5.74) is 2.41. The highest BCUT2D eigenvalue weighted by atomic mass is 19.1. The van der Waals surface area contributed by atoms with Crippen molar-refractivity contribution >= 4 is 5.95 Å². The summed E-state index contributed by atoms with van der Waals surface area (Å²) in [4.78, 5) is 22.5. The van der Waals surface area contributed by atoms with Crippen LogP contribution < -0.4 is 16.2 Å². The van der Waals surface area contributed by atoms with Gasteiger partial charge in [-0.1, -0.05) is 12.1 Å². The fourth-order valence-electron chi connectivity index (χ4n) is 4.30. The molecule has 1 aliphatic rings. The van der Waals surface area contributed by atoms with Crippen LogP contribution in [0.3, 0.4) is 0 Å². The van der Waals surface area contributed by atoms with Crippen LogP contribution in [0.15, 0.2) is 41.3 Å². The first-order valence-corrected chi connectivity index (χ1v) is 10.9. The van der Waals surface area contributed by atoms with Gasteiger partial charge in [0.1, 0.15) is 5.82 Å². The first-order chi connectivity index (χ1) is 15.5. The van der Waals surface area contributed by atoms with Crippen molar-refractivity contribution in [2.75, 3.05) is 32.1 Å². The molecule has 1 fully saturated rings. The van der Waals surface area contributed by atoms with Crippen LogP contribution in [0.2, 0.25) is 0 Å². The molecule has 8 nitrogen and oxygen atoms in total. The van der Waals surface area contributed by atoms with E-state index in [0.717, 1.165) is 31.6 Å². The predicted molar refractivity (Wildman–Crippen MR) is 122 cm³/mol. The maximum absolute atomic E-state index is 13.6. The van der Waals surface area contributed by atoms with Gasteiger partial charge in [0, 0.05) is 26.4 Å². The highest BCUT2D eigenvalue weighted by Crippen LogP contribution is 2.34. The second-order valence-corrected chi connectivity index (χ2v) is 8.15. The quantitative estimate of drug-likeness (QED) is 0.588. The van der Waals surface area contributed by atoms with Gasteiger partial charge in [0.25, 0.3) is 5.56 Å². The lowest BCUT2D eigenvalue weighted by Gasteiger charge is -2.27. The van der Waals surface area contributed by atoms with Crippen molar-refractivity contribution in [3.05, 3.63) is 52.7 Å². The van der Waals surface area contributed by atoms with Gasteiger partial charge in [-0.15, -0.1) is 0 Å². The van der Waals surface area contributed by atoms with Crippen molar-refractivity contribution in [3.63, 3.8) is 0 Å². The van der Waals surface area contributed by atoms with Crippen molar-refractivity contribution in [3.8, 4) is 22.5 Å². The van der Waals surface area contributed by atoms with E-state index in [2.05, 4.69) is 15.6 Å². The molecule has 0 unspecified atom stereocenters. The largest absolute Gasteiger partial charge is 0.383 e. The fourth-order valence-corrected chi connectivity index (χ4v) is 4.30. The van der Waals surface area contributed by atoms with Crippen LogP contribution in [-0.2, 0) is 11.8 Å². The molecule has 0 saturated carbocycles. The van der Waals surface area contributed by atoms with Gasteiger partial charge in [0.2, 0.25) is 5.95 Å². The Bertz CT molecular complexity index is 1120. The van der Waals surface area contributed by atoms with Crippen LogP contribution in [0.4, 0.5) is 10.3 Å². The molecule has 32 heavy (non-hydrogen) atoms. The summed E-state index contributed by atoms with van der Waals surface area (Å²) in [6, 6.07) is 8.02. The number of hydrogen-bond donors (Lipinski definition) is 2. The summed E-state index contributed by atoms with van der Waals surface area (Å²) in [6.45, 7) is 4.26. The molecule has 9 heteroatoms. The highest BCUT2D eigenvalue weighted by Gasteiger charge is 2.28. The molecule has 2 aromatic heterocycles. The van der Waals surface area contributed by atoms with E-state index in [9.17, 15) is 9.18 Å². The molecule has 1 saturated heterocycles. The number of anilines is 1. The third-order valence-electron chi connectivity index (χ3n) is 5.77. The van der Waals surface area contributed by atoms with Gasteiger partial charge in [0.05, 0.1) is 29.6 Å². The Morgan fingerprint density at radius 3 is 2.66 bits per heavy atom. The summed E-state index contributed by atoms with van der Waals surface area (Å²) in [7, 11) is 3.42. The smallest absolute Gasteiger partial charge is 0.274 e. The van der Waals surface area contributed by atoms with Gasteiger partial charge >= 0.3 is 0 Å². The van der Waals surface area contributed by atoms with Crippen molar-refractivity contribution in [1.29, 1.82) is 0 Å². The predicted octanol–water partition coefficient (Wildman–Crippen LogP) is 2.82. The first kappa shape index (κ1) is 22.2. The van der Waals surface area contributed by atoms with Crippen molar-refractivity contribution in [1.82, 2.24) is 24.6 Å². The van der Waals surface area contributed by atoms with E-state index < -0.39 is 0 Å². The first-order valence-electron chi connectivity index (χ1n) is 10.9. The van der Waals surface area contributed by atoms with Gasteiger partial charge < -0.3 is 15.4 Å². The SMILES string of the molecule is COC[C@@H](C)Nc1nccc(-c2c(-c3ccc(F)cc3)c(=O)n(C)n2C2CCNCC2)n1. The number of rotatable bonds is 7. The average Bonchev–Trinajstić information content (AvgIpc) is 3.06. The normalized spacial score (nSPS) is 15.6. The molecular formula is C23H29FN6O2. The zero-order valence-corrected chi connectivity index (χ0v) is 18.6. The second kappa shape index (κ2) is 9.62. The number of aromatic nitrogens is 4. The van der Waals surface area contributed by atoms with Crippen LogP contribution in [-0.4, -0.2) is 52.2 Å². The Kier molecular flexibility index (Phi) is 6.66. The van der Waals surface area contributed by atoms with E-state index in [4.69, 9.17) is 9.72 Å². The molecule has 0 aliphatic carbocycles. The zero-order chi connectivity index (χ0) is 22.7. The lowest BCUT2D eigenvalue weighted by Crippen LogP contribution is -2.33. The van der Waals surface area contributed by atoms with E-state index in [1.165, 1.54) is 12.1 Å². The monoisotopic (exact) mass is 440 g/mol. The fraction of sp³-hybridized carbons (Fsp3) is 0.435. The number of methoxy groups -OCH3 is 1. The van der Waals surface area contributed by atoms with Crippen molar-refractivity contribution < 1.29 is 9.13 Å². The Balaban J connectivity index is 1.88. The molecular weight excluding hydrogens is 411 g/mol. The van der Waals surface area contributed by atoms with Crippen LogP contribution in [0, 0.1) is 5.82 Å². The molecule has 0 spiro atoms. The van der Waals surface area contributed by atoms with Gasteiger partial charge in [-0.25, -0.2) is 14.4 Å². The van der Waals surface area contributed by atoms with Gasteiger partial charge in [-0.2, -0.15) is 0 Å². The van der Waals surface area contributed by atoms with Crippen LogP contribution in [0.5, 0.6) is 0 Å². The van der Waals surface area contributed by atoms with Crippen molar-refractivity contribution in [2.24, 2.45) is 7.05 Å². The zero-order valence-electron chi connectivity index (χ0n) is 18.6. The Morgan fingerprint density at radius 2 is 1.97 bits per heavy atom. The maximum Gasteiger partial charge on any atom is 0.274 e. The van der Waals surface area contributed by atoms with E-state index in [1.807, 2.05) is 17.7 Å². The minimum absolute atomic E-state index is 0.0224. The molecule has 3 heterocycles. The average molecular weight is 441 g/mol. The highest BCUT2D eigenvalue weighted by molar-refractivity contribution is 5.79. The molecule has 1 aliphatic heterocycles. The Labute approximate surface area is 186 Å². The number of piperidine rings is 1. The number of benzene rings is 1. The molecule has 170 valence electrons. The number of nitrogens with one attached hydrogen (secondary N) is 2. The summed E-state index contributed by atoms with van der Waals surface area (Å²) in [6.07, 6.45) is 3.49. The maximum atomic E-state index is 13.6. The van der Waals surface area contributed by atoms with Crippen molar-refractivity contribution in [2.45, 2.75) is 31.8 Å². The Morgan fingerprint density at radius 1 is 1.25 bits per heavy atom. The standard InChI is InChI=1S/C23H29FN6O2/c1-15(14-32-3)27-23-26-13-10-19(28-23)21-20(16-4-6-17(24)7-5-16)22(31)29(2)30(21)18-8-11-25-12-9-18/h4-7,10,13,15,18,25H,8-9,11-12,14H2,1-3H3,(H,26,27,28)/t15-/m1/s1. The second-order valence-electron chi connectivity index (χ2n) is 8.15. The molecule has 1 aromatic carbocycles. The van der Waals surface area contributed by atoms with Gasteiger partial charge in [-0.05, 0) is 56.6 Å². The Hall–Kier alpha value is -3.04. The van der Waals surface area contributed by atoms with Gasteiger partial charge in [0.15, 0.2) is 0 Å². The lowest BCUT2D eigenvalue weighted by atomic mass is 10.0. The molecule has 0 radical (unpaired) electrons. The number of ether oxygens (including phenoxy) is 1. The summed E-state index contributed by atoms with van der Waals surface area (Å²) in [5, 5.41) is 6.61. The third-order valence-corrected chi connectivity index (χ3v) is 5.77. The van der Waals surface area contributed by atoms with E-state index >= 15 is 0 Å². The molecule has 4 rings (SSSR count). The van der Waals surface area contributed by atoms with E-state index in [0.29, 0.717) is 29.4 Å². The van der Waals surface area contributed by atoms with E-state index in [1.54, 1.807) is 37.2 Å². The minimum atomic E-state index is -0.342.